The normalized spacial score (nSPS) is 20.2. The van der Waals surface area contributed by atoms with Crippen LogP contribution < -0.4 is 5.32 Å². The number of rotatable bonds is 4. The van der Waals surface area contributed by atoms with Gasteiger partial charge >= 0.3 is 0 Å². The fourth-order valence-corrected chi connectivity index (χ4v) is 3.81. The van der Waals surface area contributed by atoms with Gasteiger partial charge in [-0.1, -0.05) is 17.7 Å². The molecule has 1 N–H and O–H groups in total. The zero-order chi connectivity index (χ0) is 16.2. The Bertz CT molecular complexity index is 547. The molecule has 0 aromatic heterocycles. The van der Waals surface area contributed by atoms with Crippen LogP contribution in [-0.2, 0) is 4.74 Å². The van der Waals surface area contributed by atoms with Crippen LogP contribution in [0, 0.1) is 16.0 Å². The summed E-state index contributed by atoms with van der Waals surface area (Å²) in [5.74, 6) is 0.461. The highest BCUT2D eigenvalue weighted by Crippen LogP contribution is 2.38. The molecule has 0 amide bonds. The van der Waals surface area contributed by atoms with Crippen molar-refractivity contribution in [3.8, 4) is 0 Å². The van der Waals surface area contributed by atoms with Crippen molar-refractivity contribution in [2.75, 3.05) is 39.4 Å². The van der Waals surface area contributed by atoms with Gasteiger partial charge < -0.3 is 10.1 Å². The maximum Gasteiger partial charge on any atom is 0.288 e. The first kappa shape index (κ1) is 22.4. The minimum Gasteiger partial charge on any atom is -0.381 e. The van der Waals surface area contributed by atoms with E-state index >= 15 is 0 Å². The Morgan fingerprint density at radius 1 is 1.24 bits per heavy atom. The van der Waals surface area contributed by atoms with Gasteiger partial charge in [0.15, 0.2) is 0 Å². The molecule has 0 spiro atoms. The van der Waals surface area contributed by atoms with Crippen molar-refractivity contribution in [3.63, 3.8) is 0 Å². The van der Waals surface area contributed by atoms with E-state index in [9.17, 15) is 10.1 Å². The molecule has 6 nitrogen and oxygen atoms in total. The minimum absolute atomic E-state index is 0. The second kappa shape index (κ2) is 10.5. The summed E-state index contributed by atoms with van der Waals surface area (Å²) in [6, 6.07) is 5.45. The molecule has 1 aromatic rings. The molecule has 2 aliphatic heterocycles. The first-order valence-corrected chi connectivity index (χ1v) is 8.51. The number of nitrogens with zero attached hydrogens (tertiary/aromatic N) is 2. The third-order valence-electron chi connectivity index (χ3n) is 4.77. The van der Waals surface area contributed by atoms with Gasteiger partial charge in [0, 0.05) is 51.5 Å². The van der Waals surface area contributed by atoms with Gasteiger partial charge in [-0.15, -0.1) is 24.8 Å². The Hall–Kier alpha value is -0.630. The summed E-state index contributed by atoms with van der Waals surface area (Å²) in [6.07, 6.45) is 1.98. The highest BCUT2D eigenvalue weighted by Gasteiger charge is 2.32. The lowest BCUT2D eigenvalue weighted by Crippen LogP contribution is -2.47. The molecule has 0 saturated carbocycles. The Morgan fingerprint density at radius 3 is 2.48 bits per heavy atom. The number of nitro groups is 1. The molecule has 2 fully saturated rings. The van der Waals surface area contributed by atoms with Crippen molar-refractivity contribution >= 4 is 42.1 Å². The predicted octanol–water partition coefficient (Wildman–Crippen LogP) is 3.46. The first-order valence-electron chi connectivity index (χ1n) is 8.13. The van der Waals surface area contributed by atoms with Gasteiger partial charge in [-0.2, -0.15) is 0 Å². The number of piperazine rings is 1. The Balaban J connectivity index is 0.00000156. The van der Waals surface area contributed by atoms with Crippen LogP contribution >= 0.6 is 36.4 Å². The Kier molecular flexibility index (Phi) is 9.41. The van der Waals surface area contributed by atoms with Crippen molar-refractivity contribution in [3.05, 3.63) is 38.9 Å². The van der Waals surface area contributed by atoms with Crippen molar-refractivity contribution in [2.24, 2.45) is 5.92 Å². The van der Waals surface area contributed by atoms with E-state index in [1.807, 2.05) is 6.07 Å². The van der Waals surface area contributed by atoms with Crippen molar-refractivity contribution in [1.82, 2.24) is 10.2 Å². The standard InChI is InChI=1S/C16H22ClN3O3.2ClH/c17-14-2-1-13(11-15(14)20(21)22)16(12-3-9-23-10-4-12)19-7-5-18-6-8-19;;/h1-2,11-12,16,18H,3-10H2;2*1H/t16-;;/m0../s1. The molecule has 2 aliphatic rings. The van der Waals surface area contributed by atoms with E-state index in [-0.39, 0.29) is 41.6 Å². The molecule has 0 unspecified atom stereocenters. The predicted molar refractivity (Wildman–Crippen MR) is 103 cm³/mol. The van der Waals surface area contributed by atoms with Gasteiger partial charge in [-0.3, -0.25) is 15.0 Å². The molecule has 9 heteroatoms. The number of hydrogen-bond donors (Lipinski definition) is 1. The molecule has 3 rings (SSSR count). The second-order valence-corrected chi connectivity index (χ2v) is 6.56. The van der Waals surface area contributed by atoms with E-state index in [1.54, 1.807) is 12.1 Å². The molecule has 0 radical (unpaired) electrons. The molecule has 2 saturated heterocycles. The van der Waals surface area contributed by atoms with Crippen molar-refractivity contribution in [2.45, 2.75) is 18.9 Å². The number of ether oxygens (including phenoxy) is 1. The van der Waals surface area contributed by atoms with Crippen LogP contribution in [-0.4, -0.2) is 49.2 Å². The molecule has 142 valence electrons. The smallest absolute Gasteiger partial charge is 0.288 e. The molecule has 25 heavy (non-hydrogen) atoms. The third-order valence-corrected chi connectivity index (χ3v) is 5.09. The maximum atomic E-state index is 11.2. The SMILES string of the molecule is Cl.Cl.O=[N+]([O-])c1cc([C@H](C2CCOCC2)N2CCNCC2)ccc1Cl. The lowest BCUT2D eigenvalue weighted by molar-refractivity contribution is -0.384. The average molecular weight is 413 g/mol. The number of nitro benzene ring substituents is 1. The van der Waals surface area contributed by atoms with E-state index in [4.69, 9.17) is 16.3 Å². The van der Waals surface area contributed by atoms with Gasteiger partial charge in [0.2, 0.25) is 0 Å². The van der Waals surface area contributed by atoms with Crippen LogP contribution in [0.5, 0.6) is 0 Å². The minimum atomic E-state index is -0.398. The number of halogens is 3. The maximum absolute atomic E-state index is 11.2. The summed E-state index contributed by atoms with van der Waals surface area (Å²) >= 11 is 5.98. The molecule has 1 aromatic carbocycles. The summed E-state index contributed by atoms with van der Waals surface area (Å²) < 4.78 is 5.49. The lowest BCUT2D eigenvalue weighted by atomic mass is 9.85. The highest BCUT2D eigenvalue weighted by atomic mass is 35.5. The fraction of sp³-hybridized carbons (Fsp3) is 0.625. The molecule has 2 heterocycles. The summed E-state index contributed by atoms with van der Waals surface area (Å²) in [5.41, 5.74) is 0.992. The Morgan fingerprint density at radius 2 is 1.88 bits per heavy atom. The van der Waals surface area contributed by atoms with Crippen LogP contribution in [0.4, 0.5) is 5.69 Å². The van der Waals surface area contributed by atoms with Gasteiger partial charge in [0.1, 0.15) is 5.02 Å². The van der Waals surface area contributed by atoms with Crippen molar-refractivity contribution in [1.29, 1.82) is 0 Å². The third kappa shape index (κ3) is 5.42. The quantitative estimate of drug-likeness (QED) is 0.606. The highest BCUT2D eigenvalue weighted by molar-refractivity contribution is 6.32. The molecular formula is C16H24Cl3N3O3. The summed E-state index contributed by atoms with van der Waals surface area (Å²) in [7, 11) is 0. The van der Waals surface area contributed by atoms with Gasteiger partial charge in [0.25, 0.3) is 5.69 Å². The average Bonchev–Trinajstić information content (AvgIpc) is 2.58. The van der Waals surface area contributed by atoms with Crippen LogP contribution in [0.1, 0.15) is 24.4 Å². The van der Waals surface area contributed by atoms with E-state index in [0.29, 0.717) is 5.92 Å². The first-order chi connectivity index (χ1) is 11.2. The van der Waals surface area contributed by atoms with Gasteiger partial charge in [-0.25, -0.2) is 0 Å². The summed E-state index contributed by atoms with van der Waals surface area (Å²) in [6.45, 7) is 5.35. The van der Waals surface area contributed by atoms with Crippen LogP contribution in [0.2, 0.25) is 5.02 Å². The van der Waals surface area contributed by atoms with Crippen LogP contribution in [0.3, 0.4) is 0 Å². The second-order valence-electron chi connectivity index (χ2n) is 6.15. The Labute approximate surface area is 165 Å². The molecule has 1 atom stereocenters. The van der Waals surface area contributed by atoms with Gasteiger partial charge in [-0.05, 0) is 30.4 Å². The monoisotopic (exact) mass is 411 g/mol. The lowest BCUT2D eigenvalue weighted by Gasteiger charge is -2.41. The van der Waals surface area contributed by atoms with Crippen LogP contribution in [0.25, 0.3) is 0 Å². The van der Waals surface area contributed by atoms with Crippen LogP contribution in [0.15, 0.2) is 18.2 Å². The zero-order valence-corrected chi connectivity index (χ0v) is 16.2. The van der Waals surface area contributed by atoms with E-state index in [0.717, 1.165) is 57.8 Å². The number of benzene rings is 1. The van der Waals surface area contributed by atoms with E-state index < -0.39 is 4.92 Å². The fourth-order valence-electron chi connectivity index (χ4n) is 3.63. The summed E-state index contributed by atoms with van der Waals surface area (Å²) in [5, 5.41) is 14.8. The van der Waals surface area contributed by atoms with Crippen molar-refractivity contribution < 1.29 is 9.66 Å². The largest absolute Gasteiger partial charge is 0.381 e. The summed E-state index contributed by atoms with van der Waals surface area (Å²) in [4.78, 5) is 13.3. The van der Waals surface area contributed by atoms with E-state index in [1.165, 1.54) is 0 Å². The van der Waals surface area contributed by atoms with E-state index in [2.05, 4.69) is 10.2 Å². The number of hydrogen-bond acceptors (Lipinski definition) is 5. The topological polar surface area (TPSA) is 67.6 Å². The molecule has 0 aliphatic carbocycles. The molecule has 0 bridgehead atoms. The zero-order valence-electron chi connectivity index (χ0n) is 13.9. The number of nitrogens with one attached hydrogen (secondary N) is 1. The molecular weight excluding hydrogens is 389 g/mol. The van der Waals surface area contributed by atoms with Gasteiger partial charge in [0.05, 0.1) is 4.92 Å².